The number of aliphatic carboxylic acids is 1. The molecule has 0 amide bonds. The Morgan fingerprint density at radius 3 is 2.63 bits per heavy atom. The number of nitriles is 1. The number of carboxylic acids is 1. The first-order valence-corrected chi connectivity index (χ1v) is 10.5. The lowest BCUT2D eigenvalue weighted by atomic mass is 9.75. The molecule has 3 atom stereocenters. The van der Waals surface area contributed by atoms with Gasteiger partial charge in [0.25, 0.3) is 0 Å². The Hall–Kier alpha value is -1.53. The fraction of sp³-hybridized carbons (Fsp3) is 0.529. The van der Waals surface area contributed by atoms with E-state index >= 15 is 0 Å². The molecule has 0 spiro atoms. The minimum absolute atomic E-state index is 0.0407. The zero-order chi connectivity index (χ0) is 20.6. The lowest BCUT2D eigenvalue weighted by molar-refractivity contribution is -0.150. The minimum Gasteiger partial charge on any atom is -0.481 e. The largest absolute Gasteiger partial charge is 0.481 e. The van der Waals surface area contributed by atoms with E-state index in [0.29, 0.717) is 6.42 Å². The van der Waals surface area contributed by atoms with E-state index in [4.69, 9.17) is 23.2 Å². The van der Waals surface area contributed by atoms with E-state index in [9.17, 15) is 23.6 Å². The molecule has 148 valence electrons. The van der Waals surface area contributed by atoms with E-state index in [0.717, 1.165) is 0 Å². The summed E-state index contributed by atoms with van der Waals surface area (Å²) < 4.78 is 27.9. The SMILES string of the molecule is CC([C@@H]1C[C@@H](NS(=O)(=O)c2cc(Cl)ccc2Cl)CN1C#N)C(C)(C)C(=O)O. The molecule has 0 radical (unpaired) electrons. The summed E-state index contributed by atoms with van der Waals surface area (Å²) in [7, 11) is -3.95. The highest BCUT2D eigenvalue weighted by Gasteiger charge is 2.45. The molecule has 2 N–H and O–H groups in total. The van der Waals surface area contributed by atoms with Crippen molar-refractivity contribution in [1.29, 1.82) is 5.26 Å². The number of hydrogen-bond donors (Lipinski definition) is 2. The third-order valence-corrected chi connectivity index (χ3v) is 7.48. The average Bonchev–Trinajstić information content (AvgIpc) is 2.97. The zero-order valence-electron chi connectivity index (χ0n) is 15.1. The minimum atomic E-state index is -3.95. The van der Waals surface area contributed by atoms with Crippen molar-refractivity contribution in [2.75, 3.05) is 6.54 Å². The van der Waals surface area contributed by atoms with Crippen molar-refractivity contribution < 1.29 is 18.3 Å². The van der Waals surface area contributed by atoms with Crippen LogP contribution in [-0.4, -0.2) is 43.0 Å². The van der Waals surface area contributed by atoms with Crippen molar-refractivity contribution >= 4 is 39.2 Å². The van der Waals surface area contributed by atoms with Gasteiger partial charge in [-0.2, -0.15) is 5.26 Å². The molecule has 1 saturated heterocycles. The van der Waals surface area contributed by atoms with Gasteiger partial charge in [-0.15, -0.1) is 0 Å². The van der Waals surface area contributed by atoms with Gasteiger partial charge in [-0.3, -0.25) is 4.79 Å². The molecule has 0 bridgehead atoms. The smallest absolute Gasteiger partial charge is 0.309 e. The predicted molar refractivity (Wildman–Crippen MR) is 102 cm³/mol. The average molecular weight is 434 g/mol. The van der Waals surface area contributed by atoms with E-state index in [2.05, 4.69) is 4.72 Å². The van der Waals surface area contributed by atoms with Gasteiger partial charge in [-0.25, -0.2) is 13.1 Å². The van der Waals surface area contributed by atoms with Gasteiger partial charge in [0.05, 0.1) is 10.4 Å². The van der Waals surface area contributed by atoms with Gasteiger partial charge >= 0.3 is 5.97 Å². The van der Waals surface area contributed by atoms with Crippen LogP contribution in [0.15, 0.2) is 23.1 Å². The van der Waals surface area contributed by atoms with Crippen LogP contribution in [0.4, 0.5) is 0 Å². The second-order valence-electron chi connectivity index (χ2n) is 7.26. The normalized spacial score (nSPS) is 21.7. The molecule has 27 heavy (non-hydrogen) atoms. The van der Waals surface area contributed by atoms with Gasteiger partial charge < -0.3 is 10.0 Å². The van der Waals surface area contributed by atoms with E-state index in [-0.39, 0.29) is 27.4 Å². The van der Waals surface area contributed by atoms with Gasteiger partial charge in [-0.1, -0.05) is 30.1 Å². The van der Waals surface area contributed by atoms with Crippen molar-refractivity contribution in [3.05, 3.63) is 28.2 Å². The molecule has 1 aromatic rings. The number of rotatable bonds is 6. The monoisotopic (exact) mass is 433 g/mol. The van der Waals surface area contributed by atoms with Crippen molar-refractivity contribution in [3.8, 4) is 6.19 Å². The van der Waals surface area contributed by atoms with Crippen molar-refractivity contribution in [3.63, 3.8) is 0 Å². The maximum Gasteiger partial charge on any atom is 0.309 e. The van der Waals surface area contributed by atoms with E-state index in [1.54, 1.807) is 20.8 Å². The molecule has 0 aromatic heterocycles. The van der Waals surface area contributed by atoms with Gasteiger partial charge in [0.2, 0.25) is 10.0 Å². The Labute approximate surface area is 168 Å². The number of sulfonamides is 1. The topological polar surface area (TPSA) is 111 Å². The molecule has 0 saturated carbocycles. The van der Waals surface area contributed by atoms with Crippen LogP contribution in [0.5, 0.6) is 0 Å². The third-order valence-electron chi connectivity index (χ3n) is 5.24. The first kappa shape index (κ1) is 21.8. The standard InChI is InChI=1S/C17H21Cl2N3O4S/c1-10(17(2,3)16(23)24)14-7-12(8-22(14)9-20)21-27(25,26)15-6-11(18)4-5-13(15)19/h4-6,10,12,14,21H,7-8H2,1-3H3,(H,23,24)/t10?,12-,14+/m1/s1. The molecule has 1 unspecified atom stereocenters. The lowest BCUT2D eigenvalue weighted by Crippen LogP contribution is -2.42. The fourth-order valence-electron chi connectivity index (χ4n) is 3.18. The zero-order valence-corrected chi connectivity index (χ0v) is 17.4. The molecule has 2 rings (SSSR count). The van der Waals surface area contributed by atoms with Crippen LogP contribution >= 0.6 is 23.2 Å². The molecular formula is C17H21Cl2N3O4S. The van der Waals surface area contributed by atoms with Crippen molar-refractivity contribution in [2.45, 2.75) is 44.2 Å². The predicted octanol–water partition coefficient (Wildman–Crippen LogP) is 2.94. The van der Waals surface area contributed by atoms with Crippen LogP contribution in [0, 0.1) is 22.8 Å². The maximum absolute atomic E-state index is 12.7. The first-order chi connectivity index (χ1) is 12.4. The maximum atomic E-state index is 12.7. The number of carbonyl (C=O) groups is 1. The van der Waals surface area contributed by atoms with Gasteiger partial charge in [0.15, 0.2) is 6.19 Å². The summed E-state index contributed by atoms with van der Waals surface area (Å²) in [6.45, 7) is 5.10. The van der Waals surface area contributed by atoms with Gasteiger partial charge in [0.1, 0.15) is 4.90 Å². The number of nitrogens with one attached hydrogen (secondary N) is 1. The Morgan fingerprint density at radius 1 is 1.44 bits per heavy atom. The molecular weight excluding hydrogens is 413 g/mol. The fourth-order valence-corrected chi connectivity index (χ4v) is 5.18. The number of carboxylic acid groups (broad SMARTS) is 1. The second-order valence-corrected chi connectivity index (χ2v) is 9.79. The van der Waals surface area contributed by atoms with Crippen molar-refractivity contribution in [2.24, 2.45) is 11.3 Å². The number of nitrogens with zero attached hydrogens (tertiary/aromatic N) is 2. The van der Waals surface area contributed by atoms with Crippen LogP contribution in [0.1, 0.15) is 27.2 Å². The van der Waals surface area contributed by atoms with Crippen LogP contribution in [0.2, 0.25) is 10.0 Å². The highest BCUT2D eigenvalue weighted by atomic mass is 35.5. The molecule has 1 aliphatic heterocycles. The molecule has 1 aliphatic rings. The van der Waals surface area contributed by atoms with Crippen LogP contribution in [0.3, 0.4) is 0 Å². The molecule has 1 aromatic carbocycles. The number of likely N-dealkylation sites (tertiary alicyclic amines) is 1. The highest BCUT2D eigenvalue weighted by molar-refractivity contribution is 7.89. The summed E-state index contributed by atoms with van der Waals surface area (Å²) in [5.41, 5.74) is -1.07. The summed E-state index contributed by atoms with van der Waals surface area (Å²) in [6, 6.07) is 3.19. The van der Waals surface area contributed by atoms with Crippen LogP contribution < -0.4 is 4.72 Å². The van der Waals surface area contributed by atoms with Crippen molar-refractivity contribution in [1.82, 2.24) is 9.62 Å². The van der Waals surface area contributed by atoms with Gasteiger partial charge in [0, 0.05) is 23.7 Å². The summed E-state index contributed by atoms with van der Waals surface area (Å²) in [5, 5.41) is 19.1. The Morgan fingerprint density at radius 2 is 2.07 bits per heavy atom. The number of hydrogen-bond acceptors (Lipinski definition) is 5. The van der Waals surface area contributed by atoms with E-state index in [1.807, 2.05) is 6.19 Å². The summed E-state index contributed by atoms with van der Waals surface area (Å²) in [6.07, 6.45) is 2.35. The van der Waals surface area contributed by atoms with Crippen LogP contribution in [-0.2, 0) is 14.8 Å². The number of halogens is 2. The number of benzene rings is 1. The summed E-state index contributed by atoms with van der Waals surface area (Å²) in [5.74, 6) is -1.35. The molecule has 0 aliphatic carbocycles. The Balaban J connectivity index is 2.23. The first-order valence-electron chi connectivity index (χ1n) is 8.27. The Bertz CT molecular complexity index is 883. The summed E-state index contributed by atoms with van der Waals surface area (Å²) in [4.78, 5) is 12.8. The quantitative estimate of drug-likeness (QED) is 0.667. The summed E-state index contributed by atoms with van der Waals surface area (Å²) >= 11 is 11.9. The second kappa shape index (κ2) is 7.84. The molecule has 1 heterocycles. The highest BCUT2D eigenvalue weighted by Crippen LogP contribution is 2.36. The van der Waals surface area contributed by atoms with Gasteiger partial charge in [-0.05, 0) is 44.4 Å². The Kier molecular flexibility index (Phi) is 6.32. The molecule has 10 heteroatoms. The van der Waals surface area contributed by atoms with Crippen LogP contribution in [0.25, 0.3) is 0 Å². The third kappa shape index (κ3) is 4.49. The van der Waals surface area contributed by atoms with E-state index < -0.39 is 33.5 Å². The lowest BCUT2D eigenvalue weighted by Gasteiger charge is -2.34. The molecule has 7 nitrogen and oxygen atoms in total. The molecule has 1 fully saturated rings. The van der Waals surface area contributed by atoms with E-state index in [1.165, 1.54) is 23.1 Å².